The number of primary amides is 1. The lowest BCUT2D eigenvalue weighted by molar-refractivity contribution is -0.123. The first-order valence-corrected chi connectivity index (χ1v) is 7.77. The van der Waals surface area contributed by atoms with E-state index >= 15 is 0 Å². The first kappa shape index (κ1) is 16.5. The Morgan fingerprint density at radius 3 is 2.75 bits per heavy atom. The van der Waals surface area contributed by atoms with Crippen molar-refractivity contribution in [2.24, 2.45) is 5.73 Å². The summed E-state index contributed by atoms with van der Waals surface area (Å²) in [5, 5.41) is 3.32. The molecule has 0 saturated carbocycles. The van der Waals surface area contributed by atoms with Crippen LogP contribution in [0.2, 0.25) is 5.02 Å². The summed E-state index contributed by atoms with van der Waals surface area (Å²) < 4.78 is 13.4. The number of anilines is 1. The molecule has 3 N–H and O–H groups in total. The second-order valence-corrected chi connectivity index (χ2v) is 6.54. The summed E-state index contributed by atoms with van der Waals surface area (Å²) in [6.07, 6.45) is 2.18. The largest absolute Gasteiger partial charge is 0.378 e. The van der Waals surface area contributed by atoms with Crippen LogP contribution in [0.25, 0.3) is 0 Å². The molecule has 2 atom stereocenters. The van der Waals surface area contributed by atoms with Gasteiger partial charge >= 0.3 is 0 Å². The average Bonchev–Trinajstić information content (AvgIpc) is 2.56. The maximum atomic E-state index is 13.4. The predicted molar refractivity (Wildman–Crippen MR) is 90.2 cm³/mol. The van der Waals surface area contributed by atoms with Crippen LogP contribution in [0.15, 0.2) is 36.4 Å². The molecule has 0 aliphatic carbocycles. The van der Waals surface area contributed by atoms with Crippen molar-refractivity contribution in [3.05, 3.63) is 63.9 Å². The molecule has 0 saturated heterocycles. The Morgan fingerprint density at radius 1 is 1.38 bits per heavy atom. The Hall–Kier alpha value is -2.40. The zero-order chi connectivity index (χ0) is 17.5. The normalized spacial score (nSPS) is 22.4. The van der Waals surface area contributed by atoms with Gasteiger partial charge in [-0.05, 0) is 54.8 Å². The average molecular weight is 346 g/mol. The smallest absolute Gasteiger partial charge is 0.233 e. The molecule has 123 valence electrons. The van der Waals surface area contributed by atoms with E-state index < -0.39 is 17.1 Å². The Labute approximate surface area is 143 Å². The molecule has 1 amide bonds. The van der Waals surface area contributed by atoms with E-state index in [1.165, 1.54) is 12.1 Å². The number of nitrogens with two attached hydrogens (primary N) is 1. The van der Waals surface area contributed by atoms with Crippen LogP contribution in [0.1, 0.15) is 36.1 Å². The monoisotopic (exact) mass is 345 g/mol. The van der Waals surface area contributed by atoms with Crippen LogP contribution in [0.4, 0.5) is 10.1 Å². The summed E-state index contributed by atoms with van der Waals surface area (Å²) in [5.41, 5.74) is 7.14. The van der Waals surface area contributed by atoms with Crippen molar-refractivity contribution in [1.29, 1.82) is 0 Å². The zero-order valence-electron chi connectivity index (χ0n) is 12.9. The fourth-order valence-electron chi connectivity index (χ4n) is 3.11. The highest BCUT2D eigenvalue weighted by Crippen LogP contribution is 2.44. The van der Waals surface area contributed by atoms with Crippen LogP contribution in [-0.2, 0) is 15.0 Å². The maximum Gasteiger partial charge on any atom is 0.233 e. The van der Waals surface area contributed by atoms with Crippen molar-refractivity contribution in [2.75, 3.05) is 5.32 Å². The van der Waals surface area contributed by atoms with Crippen LogP contribution in [0.5, 0.6) is 0 Å². The molecular weight excluding hydrogens is 331 g/mol. The number of fused-ring (bicyclic) bond motifs is 1. The van der Waals surface area contributed by atoms with Gasteiger partial charge < -0.3 is 11.1 Å². The number of halogens is 2. The highest BCUT2D eigenvalue weighted by molar-refractivity contribution is 6.30. The molecule has 2 aromatic carbocycles. The molecule has 0 aromatic heterocycles. The lowest BCUT2D eigenvalue weighted by Crippen LogP contribution is -2.44. The predicted octanol–water partition coefficient (Wildman–Crippen LogP) is 3.24. The van der Waals surface area contributed by atoms with Crippen LogP contribution < -0.4 is 11.1 Å². The Bertz CT molecular complexity index is 840. The van der Waals surface area contributed by atoms with E-state index in [1.54, 1.807) is 31.2 Å². The quantitative estimate of drug-likeness (QED) is 0.897. The summed E-state index contributed by atoms with van der Waals surface area (Å²) >= 11 is 5.87. The van der Waals surface area contributed by atoms with Gasteiger partial charge in [-0.2, -0.15) is 0 Å². The highest BCUT2D eigenvalue weighted by Gasteiger charge is 2.42. The van der Waals surface area contributed by atoms with E-state index in [-0.39, 0.29) is 11.1 Å². The molecule has 24 heavy (non-hydrogen) atoms. The van der Waals surface area contributed by atoms with Gasteiger partial charge in [-0.25, -0.2) is 4.39 Å². The van der Waals surface area contributed by atoms with Gasteiger partial charge in [0.1, 0.15) is 5.82 Å². The topological polar surface area (TPSA) is 72.2 Å². The third-order valence-corrected chi connectivity index (χ3v) is 4.85. The van der Waals surface area contributed by atoms with E-state index in [0.717, 1.165) is 5.56 Å². The summed E-state index contributed by atoms with van der Waals surface area (Å²) in [4.78, 5) is 23.1. The van der Waals surface area contributed by atoms with E-state index in [1.807, 2.05) is 6.29 Å². The van der Waals surface area contributed by atoms with Gasteiger partial charge in [-0.15, -0.1) is 0 Å². The summed E-state index contributed by atoms with van der Waals surface area (Å²) in [7, 11) is 0. The van der Waals surface area contributed by atoms with Gasteiger partial charge in [0.25, 0.3) is 0 Å². The lowest BCUT2D eigenvalue weighted by atomic mass is 9.71. The van der Waals surface area contributed by atoms with Crippen molar-refractivity contribution < 1.29 is 14.0 Å². The Kier molecular flexibility index (Phi) is 4.05. The van der Waals surface area contributed by atoms with Crippen molar-refractivity contribution >= 4 is 29.5 Å². The van der Waals surface area contributed by atoms with Crippen LogP contribution in [0, 0.1) is 5.82 Å². The van der Waals surface area contributed by atoms with E-state index in [2.05, 4.69) is 5.32 Å². The van der Waals surface area contributed by atoms with Crippen molar-refractivity contribution in [1.82, 2.24) is 0 Å². The van der Waals surface area contributed by atoms with Crippen LogP contribution in [-0.4, -0.2) is 12.2 Å². The van der Waals surface area contributed by atoms with Gasteiger partial charge in [0.05, 0.1) is 16.5 Å². The molecule has 4 nitrogen and oxygen atoms in total. The molecule has 2 aromatic rings. The summed E-state index contributed by atoms with van der Waals surface area (Å²) in [6, 6.07) is 9.13. The van der Waals surface area contributed by atoms with Gasteiger partial charge in [0.15, 0.2) is 0 Å². The number of benzene rings is 2. The minimum atomic E-state index is -0.973. The van der Waals surface area contributed by atoms with Gasteiger partial charge in [-0.1, -0.05) is 17.7 Å². The van der Waals surface area contributed by atoms with Gasteiger partial charge in [0.2, 0.25) is 12.2 Å². The van der Waals surface area contributed by atoms with Crippen molar-refractivity contribution in [3.8, 4) is 0 Å². The minimum absolute atomic E-state index is 0.0202. The second kappa shape index (κ2) is 5.91. The van der Waals surface area contributed by atoms with E-state index in [0.29, 0.717) is 23.2 Å². The van der Waals surface area contributed by atoms with Crippen LogP contribution in [0.3, 0.4) is 0 Å². The van der Waals surface area contributed by atoms with Gasteiger partial charge in [0, 0.05) is 11.3 Å². The lowest BCUT2D eigenvalue weighted by Gasteiger charge is -2.39. The molecule has 3 rings (SSSR count). The SMILES string of the molecule is CC1(C(N)=O)CC(c2ccc(F)c(Cl)c2)Nc2ccc([C]=O)cc21. The molecular formula is C18H15ClFN2O2. The number of carbonyl (C=O) groups is 1. The number of hydrogen-bond donors (Lipinski definition) is 2. The third kappa shape index (κ3) is 2.65. The molecule has 6 heteroatoms. The summed E-state index contributed by atoms with van der Waals surface area (Å²) in [6.45, 7) is 1.74. The first-order valence-electron chi connectivity index (χ1n) is 7.39. The molecule has 2 unspecified atom stereocenters. The molecule has 1 radical (unpaired) electrons. The van der Waals surface area contributed by atoms with E-state index in [9.17, 15) is 14.0 Å². The number of nitrogens with one attached hydrogen (secondary N) is 1. The number of hydrogen-bond acceptors (Lipinski definition) is 3. The molecule has 0 spiro atoms. The zero-order valence-corrected chi connectivity index (χ0v) is 13.7. The van der Waals surface area contributed by atoms with Crippen LogP contribution >= 0.6 is 11.6 Å². The third-order valence-electron chi connectivity index (χ3n) is 4.56. The van der Waals surface area contributed by atoms with Crippen molar-refractivity contribution in [2.45, 2.75) is 24.8 Å². The first-order chi connectivity index (χ1) is 11.3. The Balaban J connectivity index is 2.09. The number of rotatable bonds is 3. The Morgan fingerprint density at radius 2 is 2.12 bits per heavy atom. The molecule has 1 aliphatic rings. The number of amides is 1. The molecule has 0 bridgehead atoms. The second-order valence-electron chi connectivity index (χ2n) is 6.13. The maximum absolute atomic E-state index is 13.4. The molecule has 1 aliphatic heterocycles. The van der Waals surface area contributed by atoms with Crippen molar-refractivity contribution in [3.63, 3.8) is 0 Å². The standard InChI is InChI=1S/C18H15ClFN2O2/c1-18(17(21)24)8-16(11-3-4-14(20)13(19)7-11)22-15-5-2-10(9-23)6-12(15)18/h2-7,16,22H,8H2,1H3,(H2,21,24). The van der Waals surface area contributed by atoms with Gasteiger partial charge in [-0.3, -0.25) is 9.59 Å². The fraction of sp³-hybridized carbons (Fsp3) is 0.222. The molecule has 0 fully saturated rings. The highest BCUT2D eigenvalue weighted by atomic mass is 35.5. The van der Waals surface area contributed by atoms with E-state index in [4.69, 9.17) is 17.3 Å². The fourth-order valence-corrected chi connectivity index (χ4v) is 3.30. The minimum Gasteiger partial charge on any atom is -0.378 e. The molecule has 1 heterocycles. The number of carbonyl (C=O) groups excluding carboxylic acids is 2. The summed E-state index contributed by atoms with van der Waals surface area (Å²) in [5.74, 6) is -0.994.